The highest BCUT2D eigenvalue weighted by Crippen LogP contribution is 2.27. The van der Waals surface area contributed by atoms with Gasteiger partial charge in [0.05, 0.1) is 20.1 Å². The van der Waals surface area contributed by atoms with Gasteiger partial charge >= 0.3 is 5.97 Å². The van der Waals surface area contributed by atoms with Gasteiger partial charge in [-0.25, -0.2) is 0 Å². The quantitative estimate of drug-likeness (QED) is 0.631. The highest BCUT2D eigenvalue weighted by atomic mass is 16.5. The number of carbonyl (C=O) groups is 3. The molecule has 1 saturated carbocycles. The number of carboxylic acid groups (broad SMARTS) is 1. The molecule has 0 bridgehead atoms. The molecule has 1 atom stereocenters. The number of carboxylic acids is 1. The zero-order chi connectivity index (χ0) is 20.1. The van der Waals surface area contributed by atoms with Crippen LogP contribution in [0.4, 0.5) is 0 Å². The molecule has 2 amide bonds. The fourth-order valence-corrected chi connectivity index (χ4v) is 2.93. The molecule has 0 spiro atoms. The van der Waals surface area contributed by atoms with Crippen LogP contribution in [-0.4, -0.2) is 49.2 Å². The fourth-order valence-electron chi connectivity index (χ4n) is 2.93. The van der Waals surface area contributed by atoms with Crippen LogP contribution >= 0.6 is 0 Å². The topological polar surface area (TPSA) is 114 Å². The minimum atomic E-state index is -0.846. The molecule has 0 aliphatic heterocycles. The van der Waals surface area contributed by atoms with Gasteiger partial charge in [-0.1, -0.05) is 13.8 Å². The van der Waals surface area contributed by atoms with Gasteiger partial charge in [-0.05, 0) is 30.9 Å². The summed E-state index contributed by atoms with van der Waals surface area (Å²) in [5, 5.41) is 14.5. The molecule has 1 aromatic rings. The molecule has 8 heteroatoms. The van der Waals surface area contributed by atoms with Gasteiger partial charge in [0.1, 0.15) is 17.5 Å². The molecule has 3 N–H and O–H groups in total. The Labute approximate surface area is 158 Å². The molecule has 2 rings (SSSR count). The Balaban J connectivity index is 2.04. The van der Waals surface area contributed by atoms with Crippen LogP contribution in [0.1, 0.15) is 37.0 Å². The van der Waals surface area contributed by atoms with Crippen LogP contribution in [0.5, 0.6) is 11.5 Å². The molecule has 0 aromatic heterocycles. The van der Waals surface area contributed by atoms with Gasteiger partial charge in [0.2, 0.25) is 5.91 Å². The Morgan fingerprint density at radius 1 is 1.07 bits per heavy atom. The van der Waals surface area contributed by atoms with Crippen LogP contribution in [0, 0.1) is 11.8 Å². The second-order valence-corrected chi connectivity index (χ2v) is 7.01. The van der Waals surface area contributed by atoms with Crippen LogP contribution < -0.4 is 20.1 Å². The maximum atomic E-state index is 12.6. The number of methoxy groups -OCH3 is 2. The van der Waals surface area contributed by atoms with Crippen LogP contribution in [-0.2, 0) is 9.59 Å². The zero-order valence-corrected chi connectivity index (χ0v) is 15.9. The molecule has 27 heavy (non-hydrogen) atoms. The molecule has 1 fully saturated rings. The van der Waals surface area contributed by atoms with E-state index in [0.717, 1.165) is 0 Å². The van der Waals surface area contributed by atoms with E-state index < -0.39 is 23.8 Å². The van der Waals surface area contributed by atoms with Crippen LogP contribution in [0.3, 0.4) is 0 Å². The molecule has 1 aliphatic rings. The Morgan fingerprint density at radius 2 is 1.63 bits per heavy atom. The van der Waals surface area contributed by atoms with Crippen molar-refractivity contribution in [3.63, 3.8) is 0 Å². The summed E-state index contributed by atoms with van der Waals surface area (Å²) >= 11 is 0. The van der Waals surface area contributed by atoms with Crippen LogP contribution in [0.15, 0.2) is 18.2 Å². The first-order valence-corrected chi connectivity index (χ1v) is 8.82. The molecular weight excluding hydrogens is 352 g/mol. The highest BCUT2D eigenvalue weighted by Gasteiger charge is 2.37. The monoisotopic (exact) mass is 378 g/mol. The zero-order valence-electron chi connectivity index (χ0n) is 15.9. The second kappa shape index (κ2) is 8.75. The molecule has 1 unspecified atom stereocenters. The van der Waals surface area contributed by atoms with Gasteiger partial charge < -0.3 is 25.2 Å². The summed E-state index contributed by atoms with van der Waals surface area (Å²) in [6.07, 6.45) is 0.819. The molecule has 1 aliphatic carbocycles. The summed E-state index contributed by atoms with van der Waals surface area (Å²) in [4.78, 5) is 36.1. The number of aliphatic carboxylic acids is 1. The number of ether oxygens (including phenoxy) is 2. The van der Waals surface area contributed by atoms with Gasteiger partial charge in [-0.15, -0.1) is 0 Å². The lowest BCUT2D eigenvalue weighted by atomic mass is 9.80. The third-order valence-electron chi connectivity index (χ3n) is 4.68. The number of nitrogens with one attached hydrogen (secondary N) is 2. The largest absolute Gasteiger partial charge is 0.497 e. The van der Waals surface area contributed by atoms with E-state index in [1.807, 2.05) is 13.8 Å². The van der Waals surface area contributed by atoms with Crippen molar-refractivity contribution >= 4 is 17.8 Å². The summed E-state index contributed by atoms with van der Waals surface area (Å²) in [7, 11) is 2.98. The van der Waals surface area contributed by atoms with E-state index in [9.17, 15) is 14.4 Å². The van der Waals surface area contributed by atoms with Crippen molar-refractivity contribution in [3.05, 3.63) is 23.8 Å². The lowest BCUT2D eigenvalue weighted by Gasteiger charge is -2.34. The maximum Gasteiger partial charge on any atom is 0.306 e. The average molecular weight is 378 g/mol. The van der Waals surface area contributed by atoms with Gasteiger partial charge in [0.15, 0.2) is 0 Å². The minimum Gasteiger partial charge on any atom is -0.497 e. The Bertz CT molecular complexity index is 690. The normalized spacial score (nSPS) is 19.6. The fraction of sp³-hybridized carbons (Fsp3) is 0.526. The number of amides is 2. The Morgan fingerprint density at radius 3 is 2.07 bits per heavy atom. The first-order valence-electron chi connectivity index (χ1n) is 8.82. The summed E-state index contributed by atoms with van der Waals surface area (Å²) in [6, 6.07) is 3.87. The predicted octanol–water partition coefficient (Wildman–Crippen LogP) is 1.44. The summed E-state index contributed by atoms with van der Waals surface area (Å²) in [5.41, 5.74) is 0.319. The van der Waals surface area contributed by atoms with Crippen molar-refractivity contribution in [3.8, 4) is 11.5 Å². The number of carbonyl (C=O) groups excluding carboxylic acids is 2. The van der Waals surface area contributed by atoms with Crippen molar-refractivity contribution in [2.24, 2.45) is 11.8 Å². The molecule has 148 valence electrons. The number of hydrogen-bond donors (Lipinski definition) is 3. The Kier molecular flexibility index (Phi) is 6.65. The Hall–Kier alpha value is -2.77. The van der Waals surface area contributed by atoms with E-state index in [4.69, 9.17) is 14.6 Å². The lowest BCUT2D eigenvalue weighted by molar-refractivity contribution is -0.146. The van der Waals surface area contributed by atoms with Crippen molar-refractivity contribution < 1.29 is 29.0 Å². The molecule has 0 saturated heterocycles. The maximum absolute atomic E-state index is 12.6. The first-order chi connectivity index (χ1) is 12.7. The van der Waals surface area contributed by atoms with E-state index in [-0.39, 0.29) is 17.9 Å². The third-order valence-corrected chi connectivity index (χ3v) is 4.68. The summed E-state index contributed by atoms with van der Waals surface area (Å²) < 4.78 is 10.3. The molecule has 1 aromatic carbocycles. The summed E-state index contributed by atoms with van der Waals surface area (Å²) in [6.45, 7) is 3.66. The van der Waals surface area contributed by atoms with Crippen molar-refractivity contribution in [1.82, 2.24) is 10.6 Å². The standard InChI is InChI=1S/C19H26N2O6/c1-10(2)16(18(23)20-13-5-12(6-13)19(24)25)21-17(22)11-7-14(26-3)9-15(8-11)27-4/h7-10,12-13,16H,5-6H2,1-4H3,(H,20,23)(H,21,22)(H,24,25). The van der Waals surface area contributed by atoms with Gasteiger partial charge in [-0.2, -0.15) is 0 Å². The second-order valence-electron chi connectivity index (χ2n) is 7.01. The van der Waals surface area contributed by atoms with Gasteiger partial charge in [-0.3, -0.25) is 14.4 Å². The van der Waals surface area contributed by atoms with Crippen LogP contribution in [0.2, 0.25) is 0 Å². The molecule has 0 radical (unpaired) electrons. The van der Waals surface area contributed by atoms with E-state index in [1.54, 1.807) is 18.2 Å². The number of hydrogen-bond acceptors (Lipinski definition) is 5. The van der Waals surface area contributed by atoms with Crippen LogP contribution in [0.25, 0.3) is 0 Å². The average Bonchev–Trinajstić information content (AvgIpc) is 2.60. The minimum absolute atomic E-state index is 0.142. The smallest absolute Gasteiger partial charge is 0.306 e. The number of rotatable bonds is 8. The van der Waals surface area contributed by atoms with Crippen molar-refractivity contribution in [2.45, 2.75) is 38.8 Å². The molecule has 0 heterocycles. The van der Waals surface area contributed by atoms with E-state index in [2.05, 4.69) is 10.6 Å². The SMILES string of the molecule is COc1cc(OC)cc(C(=O)NC(C(=O)NC2CC(C(=O)O)C2)C(C)C)c1. The van der Waals surface area contributed by atoms with Gasteiger partial charge in [0.25, 0.3) is 5.91 Å². The van der Waals surface area contributed by atoms with Gasteiger partial charge in [0, 0.05) is 17.7 Å². The molecular formula is C19H26N2O6. The first kappa shape index (κ1) is 20.5. The van der Waals surface area contributed by atoms with E-state index in [0.29, 0.717) is 29.9 Å². The van der Waals surface area contributed by atoms with E-state index >= 15 is 0 Å². The van der Waals surface area contributed by atoms with Crippen molar-refractivity contribution in [2.75, 3.05) is 14.2 Å². The van der Waals surface area contributed by atoms with E-state index in [1.165, 1.54) is 14.2 Å². The summed E-state index contributed by atoms with van der Waals surface area (Å²) in [5.74, 6) is -1.19. The lowest BCUT2D eigenvalue weighted by Crippen LogP contribution is -2.55. The predicted molar refractivity (Wildman–Crippen MR) is 97.9 cm³/mol. The van der Waals surface area contributed by atoms with Crippen molar-refractivity contribution in [1.29, 1.82) is 0 Å². The number of benzene rings is 1. The molecule has 8 nitrogen and oxygen atoms in total. The highest BCUT2D eigenvalue weighted by molar-refractivity contribution is 5.98. The third kappa shape index (κ3) is 5.12.